The first-order valence-electron chi connectivity index (χ1n) is 3.95. The first kappa shape index (κ1) is 13.4. The quantitative estimate of drug-likeness (QED) is 0.699. The van der Waals surface area contributed by atoms with Gasteiger partial charge in [-0.25, -0.2) is 0 Å². The lowest BCUT2D eigenvalue weighted by Gasteiger charge is -2.06. The van der Waals surface area contributed by atoms with Crippen molar-refractivity contribution in [2.24, 2.45) is 5.92 Å². The third kappa shape index (κ3) is 6.23. The maximum atomic E-state index is 10.4. The number of carboxylic acid groups (broad SMARTS) is 1. The van der Waals surface area contributed by atoms with Crippen LogP contribution in [-0.2, 0) is 4.79 Å². The highest BCUT2D eigenvalue weighted by atomic mass is 32.1. The van der Waals surface area contributed by atoms with Gasteiger partial charge in [0.1, 0.15) is 0 Å². The molecule has 2 nitrogen and oxygen atoms in total. The van der Waals surface area contributed by atoms with Crippen molar-refractivity contribution in [1.82, 2.24) is 0 Å². The summed E-state index contributed by atoms with van der Waals surface area (Å²) in [6.45, 7) is 4.00. The van der Waals surface area contributed by atoms with Crippen LogP contribution in [0.3, 0.4) is 0 Å². The average Bonchev–Trinajstić information content (AvgIpc) is 1.89. The van der Waals surface area contributed by atoms with Crippen LogP contribution in [0, 0.1) is 5.92 Å². The molecule has 3 heteroatoms. The van der Waals surface area contributed by atoms with E-state index in [0.29, 0.717) is 0 Å². The van der Waals surface area contributed by atoms with Crippen molar-refractivity contribution in [2.45, 2.75) is 39.5 Å². The van der Waals surface area contributed by atoms with E-state index in [1.165, 1.54) is 0 Å². The fourth-order valence-electron chi connectivity index (χ4n) is 0.953. The molecule has 66 valence electrons. The number of aliphatic carboxylic acids is 1. The van der Waals surface area contributed by atoms with Crippen LogP contribution in [0.25, 0.3) is 0 Å². The van der Waals surface area contributed by atoms with Gasteiger partial charge in [-0.3, -0.25) is 4.79 Å². The maximum absolute atomic E-state index is 10.4. The Morgan fingerprint density at radius 1 is 1.45 bits per heavy atom. The Kier molecular flexibility index (Phi) is 9.66. The molecule has 0 spiro atoms. The van der Waals surface area contributed by atoms with Gasteiger partial charge in [-0.1, -0.05) is 26.7 Å². The van der Waals surface area contributed by atoms with Crippen molar-refractivity contribution in [3.63, 3.8) is 0 Å². The van der Waals surface area contributed by atoms with Crippen LogP contribution in [0.2, 0.25) is 0 Å². The first-order chi connectivity index (χ1) is 4.72. The van der Waals surface area contributed by atoms with E-state index < -0.39 is 5.97 Å². The normalized spacial score (nSPS) is 11.8. The number of carboxylic acids is 1. The largest absolute Gasteiger partial charge is 0.481 e. The molecule has 0 aromatic heterocycles. The Hall–Kier alpha value is -0.180. The molecule has 0 heterocycles. The minimum atomic E-state index is -0.643. The fraction of sp³-hybridized carbons (Fsp3) is 0.875. The lowest BCUT2D eigenvalue weighted by atomic mass is 10.00. The minimum Gasteiger partial charge on any atom is -0.481 e. The van der Waals surface area contributed by atoms with E-state index in [1.54, 1.807) is 0 Å². The zero-order valence-corrected chi connectivity index (χ0v) is 7.99. The van der Waals surface area contributed by atoms with E-state index >= 15 is 0 Å². The summed E-state index contributed by atoms with van der Waals surface area (Å²) in [5, 5.41) is 8.60. The van der Waals surface area contributed by atoms with Crippen LogP contribution in [0.15, 0.2) is 0 Å². The van der Waals surface area contributed by atoms with Crippen LogP contribution in [0.1, 0.15) is 39.5 Å². The number of rotatable bonds is 5. The van der Waals surface area contributed by atoms with Crippen LogP contribution >= 0.6 is 13.5 Å². The molecule has 0 aliphatic heterocycles. The Labute approximate surface area is 75.4 Å². The lowest BCUT2D eigenvalue weighted by molar-refractivity contribution is -0.142. The van der Waals surface area contributed by atoms with E-state index in [1.807, 2.05) is 6.92 Å². The van der Waals surface area contributed by atoms with Crippen molar-refractivity contribution in [3.8, 4) is 0 Å². The second kappa shape index (κ2) is 7.92. The topological polar surface area (TPSA) is 37.3 Å². The number of unbranched alkanes of at least 4 members (excludes halogenated alkanes) is 1. The molecule has 0 aliphatic rings. The van der Waals surface area contributed by atoms with E-state index in [0.717, 1.165) is 25.7 Å². The molecule has 0 aromatic rings. The summed E-state index contributed by atoms with van der Waals surface area (Å²) in [6.07, 6.45) is 3.71. The summed E-state index contributed by atoms with van der Waals surface area (Å²) >= 11 is 0. The van der Waals surface area contributed by atoms with Gasteiger partial charge >= 0.3 is 5.97 Å². The van der Waals surface area contributed by atoms with E-state index in [-0.39, 0.29) is 19.4 Å². The highest BCUT2D eigenvalue weighted by molar-refractivity contribution is 7.59. The van der Waals surface area contributed by atoms with Gasteiger partial charge in [0.25, 0.3) is 0 Å². The van der Waals surface area contributed by atoms with Crippen LogP contribution in [-0.4, -0.2) is 11.1 Å². The lowest BCUT2D eigenvalue weighted by Crippen LogP contribution is -2.11. The summed E-state index contributed by atoms with van der Waals surface area (Å²) in [5.41, 5.74) is 0. The third-order valence-corrected chi connectivity index (χ3v) is 1.75. The molecule has 0 saturated carbocycles. The van der Waals surface area contributed by atoms with Crippen LogP contribution < -0.4 is 0 Å². The van der Waals surface area contributed by atoms with Crippen molar-refractivity contribution in [2.75, 3.05) is 0 Å². The van der Waals surface area contributed by atoms with Gasteiger partial charge in [0.2, 0.25) is 0 Å². The number of hydrogen-bond acceptors (Lipinski definition) is 1. The molecule has 0 aliphatic carbocycles. The number of hydrogen-bond donors (Lipinski definition) is 1. The molecule has 1 atom stereocenters. The smallest absolute Gasteiger partial charge is 0.306 e. The van der Waals surface area contributed by atoms with Crippen molar-refractivity contribution in [1.29, 1.82) is 0 Å². The molecule has 1 N–H and O–H groups in total. The molecular formula is C8H16O2S. The van der Waals surface area contributed by atoms with Gasteiger partial charge in [-0.05, 0) is 12.8 Å². The van der Waals surface area contributed by atoms with Crippen LogP contribution in [0.5, 0.6) is 0 Å². The molecule has 0 fully saturated rings. The molecule has 0 bridgehead atoms. The molecular weight excluding hydrogens is 160 g/mol. The van der Waals surface area contributed by atoms with Gasteiger partial charge in [0, 0.05) is 13.5 Å². The molecule has 1 unspecified atom stereocenters. The van der Waals surface area contributed by atoms with Gasteiger partial charge in [-0.2, -0.15) is 0 Å². The highest BCUT2D eigenvalue weighted by Gasteiger charge is 2.12. The fourth-order valence-corrected chi connectivity index (χ4v) is 0.953. The minimum absolute atomic E-state index is 0. The van der Waals surface area contributed by atoms with E-state index in [9.17, 15) is 4.79 Å². The molecule has 0 rings (SSSR count). The Morgan fingerprint density at radius 2 is 2.00 bits per heavy atom. The maximum Gasteiger partial charge on any atom is 0.306 e. The van der Waals surface area contributed by atoms with Gasteiger partial charge < -0.3 is 5.11 Å². The van der Waals surface area contributed by atoms with Crippen molar-refractivity contribution in [3.05, 3.63) is 0 Å². The Balaban J connectivity index is 0. The summed E-state index contributed by atoms with van der Waals surface area (Å²) in [4.78, 5) is 10.4. The van der Waals surface area contributed by atoms with E-state index in [2.05, 4.69) is 6.92 Å². The summed E-state index contributed by atoms with van der Waals surface area (Å²) in [5.74, 6) is -0.754. The molecule has 0 saturated heterocycles. The van der Waals surface area contributed by atoms with E-state index in [4.69, 9.17) is 5.11 Å². The standard InChI is InChI=1S/C8H16O2.S/c1-3-5-6-7(4-2)8(9)10;/h7H,3-6H2,1-2H3,(H,9,10);. The first-order valence-corrected chi connectivity index (χ1v) is 3.95. The summed E-state index contributed by atoms with van der Waals surface area (Å²) in [6, 6.07) is 0. The van der Waals surface area contributed by atoms with Gasteiger partial charge in [0.05, 0.1) is 5.92 Å². The predicted octanol–water partition coefficient (Wildman–Crippen LogP) is 2.94. The van der Waals surface area contributed by atoms with Crippen molar-refractivity contribution >= 4 is 19.5 Å². The Morgan fingerprint density at radius 3 is 2.27 bits per heavy atom. The zero-order chi connectivity index (χ0) is 7.98. The summed E-state index contributed by atoms with van der Waals surface area (Å²) < 4.78 is 0. The Bertz CT molecular complexity index is 104. The molecule has 0 amide bonds. The molecule has 0 aromatic carbocycles. The monoisotopic (exact) mass is 176 g/mol. The highest BCUT2D eigenvalue weighted by Crippen LogP contribution is 2.11. The predicted molar refractivity (Wildman–Crippen MR) is 48.5 cm³/mol. The second-order valence-corrected chi connectivity index (χ2v) is 2.59. The molecule has 11 heavy (non-hydrogen) atoms. The van der Waals surface area contributed by atoms with Crippen LogP contribution in [0.4, 0.5) is 0 Å². The molecule has 2 radical (unpaired) electrons. The average molecular weight is 176 g/mol. The second-order valence-electron chi connectivity index (χ2n) is 2.59. The van der Waals surface area contributed by atoms with Crippen molar-refractivity contribution < 1.29 is 9.90 Å². The number of carbonyl (C=O) groups is 1. The third-order valence-electron chi connectivity index (χ3n) is 1.75. The zero-order valence-electron chi connectivity index (χ0n) is 7.17. The van der Waals surface area contributed by atoms with Gasteiger partial charge in [-0.15, -0.1) is 0 Å². The SMILES string of the molecule is CCCCC(CC)C(=O)O.[S]. The van der Waals surface area contributed by atoms with Gasteiger partial charge in [0.15, 0.2) is 0 Å². The summed E-state index contributed by atoms with van der Waals surface area (Å²) in [7, 11) is 0.